The maximum absolute atomic E-state index is 13.1. The van der Waals surface area contributed by atoms with Gasteiger partial charge in [0.1, 0.15) is 23.6 Å². The van der Waals surface area contributed by atoms with Gasteiger partial charge in [0.15, 0.2) is 22.8 Å². The highest BCUT2D eigenvalue weighted by molar-refractivity contribution is 7.17. The van der Waals surface area contributed by atoms with Crippen molar-refractivity contribution in [1.29, 1.82) is 0 Å². The summed E-state index contributed by atoms with van der Waals surface area (Å²) in [5, 5.41) is 30.7. The molecule has 0 aliphatic rings. The number of thiophene rings is 2. The van der Waals surface area contributed by atoms with Gasteiger partial charge in [-0.25, -0.2) is 0 Å². The number of amides is 6. The standard InChI is InChI=1S/C18H16F3N3OS.C15H13F6N3O.C15H16F3N3O2.C15H16F3N3O.C14H14F3N3O.C13H14F3N3OS/c1-23(2)17(25)15-9-8-14(26-15)13-10-16(18(19,20)21)22-24(13)11-12-6-4-3-5-7-12;1-23(2)13(25)10-5-3-9(4-6-10)11-7-12(15(19,20)21)22-24(11)8-14(16,17)18;1-20(2)14(23)11-5-3-10(4-6-11)12-9-13(15(16,17)18)19-21(12)7-8-22;1-4-21-13(15(16,17)18)9-12(19-21)10-5-7-11(8-6-10)14(22)20(2)3;1-19(2)13(21)10-6-4-9(5-7-10)11-8-12(14(15,16)17)18-20(11)3;1-4-19-11(13(14,15)16)7-8(17-19)9-5-6-10(21-9)12(20)18(2)3/h3-10H,11H2,1-2H3;3-7H,8H2,1-2H3;3-6,9,22H,7-8H2,1-2H3;5-9H,4H2,1-3H3;4-8H,1-3H3;5-7H,4H2,1-3H3. The lowest BCUT2D eigenvalue weighted by atomic mass is 10.1. The Labute approximate surface area is 782 Å². The maximum atomic E-state index is 13.1. The molecule has 0 aliphatic heterocycles. The van der Waals surface area contributed by atoms with E-state index in [2.05, 4.69) is 30.6 Å². The Kier molecular flexibility index (Phi) is 35.6. The predicted molar refractivity (Wildman–Crippen MR) is 471 cm³/mol. The first-order chi connectivity index (χ1) is 64.0. The van der Waals surface area contributed by atoms with Gasteiger partial charge in [0, 0.05) is 133 Å². The fraction of sp³-hybridized carbons (Fsp3) is 0.311. The third-order valence-electron chi connectivity index (χ3n) is 19.2. The molecule has 0 spiro atoms. The number of rotatable bonds is 19. The van der Waals surface area contributed by atoms with E-state index in [1.54, 1.807) is 181 Å². The van der Waals surface area contributed by atoms with Crippen molar-refractivity contribution in [1.82, 2.24) is 88.1 Å². The van der Waals surface area contributed by atoms with E-state index in [0.717, 1.165) is 72.6 Å². The van der Waals surface area contributed by atoms with E-state index < -0.39 is 83.9 Å². The summed E-state index contributed by atoms with van der Waals surface area (Å²) in [6, 6.07) is 45.3. The van der Waals surface area contributed by atoms with Crippen LogP contribution in [0.2, 0.25) is 0 Å². The molecule has 13 rings (SSSR count). The van der Waals surface area contributed by atoms with Crippen LogP contribution in [-0.2, 0) is 76.8 Å². The SMILES string of the molecule is CCn1nc(-c2ccc(C(=O)N(C)C)cc2)cc1C(F)(F)F.CCn1nc(-c2ccc(C(=O)N(C)C)s2)cc1C(F)(F)F.CN(C)C(=O)c1ccc(-c2cc(C(F)(F)F)nn2C)cc1.CN(C)C(=O)c1ccc(-c2cc(C(F)(F)F)nn2CC(F)(F)F)cc1.CN(C)C(=O)c1ccc(-c2cc(C(F)(F)F)nn2CCO)cc1.CN(C)C(=O)c1ccc(-c2cc(C(F)(F)F)nn2Cc2ccccc2)s1. The molecule has 0 saturated carbocycles. The summed E-state index contributed by atoms with van der Waals surface area (Å²) >= 11 is 2.28. The molecule has 0 radical (unpaired) electrons. The van der Waals surface area contributed by atoms with E-state index in [1.807, 2.05) is 30.3 Å². The molecule has 138 heavy (non-hydrogen) atoms. The number of benzene rings is 5. The van der Waals surface area contributed by atoms with Crippen molar-refractivity contribution < 1.29 is 126 Å². The average Bonchev–Trinajstić information content (AvgIpc) is 1.67. The van der Waals surface area contributed by atoms with Crippen LogP contribution in [0.4, 0.5) is 92.2 Å². The van der Waals surface area contributed by atoms with Crippen LogP contribution in [0.5, 0.6) is 0 Å². The Morgan fingerprint density at radius 2 is 0.630 bits per heavy atom. The first kappa shape index (κ1) is 109. The van der Waals surface area contributed by atoms with E-state index in [9.17, 15) is 121 Å². The van der Waals surface area contributed by atoms with Crippen molar-refractivity contribution in [3.8, 4) is 66.2 Å². The quantitative estimate of drug-likeness (QED) is 0.0741. The van der Waals surface area contributed by atoms with Crippen molar-refractivity contribution in [3.05, 3.63) is 260 Å². The number of carbonyl (C=O) groups is 6. The monoisotopic (exact) mass is 2000 g/mol. The third-order valence-corrected chi connectivity index (χ3v) is 21.4. The van der Waals surface area contributed by atoms with Crippen LogP contribution in [0.1, 0.15) is 114 Å². The van der Waals surface area contributed by atoms with Crippen molar-refractivity contribution in [2.24, 2.45) is 7.05 Å². The molecular weight excluding hydrogens is 1910 g/mol. The molecule has 0 fully saturated rings. The summed E-state index contributed by atoms with van der Waals surface area (Å²) in [7, 11) is 20.7. The molecule has 25 nitrogen and oxygen atoms in total. The summed E-state index contributed by atoms with van der Waals surface area (Å²) in [6.07, 6.45) is -32.1. The van der Waals surface area contributed by atoms with E-state index in [-0.39, 0.29) is 107 Å². The van der Waals surface area contributed by atoms with Crippen LogP contribution >= 0.6 is 22.7 Å². The van der Waals surface area contributed by atoms with Gasteiger partial charge in [-0.05, 0) is 145 Å². The van der Waals surface area contributed by atoms with Gasteiger partial charge in [0.2, 0.25) is 0 Å². The second-order valence-electron chi connectivity index (χ2n) is 30.9. The number of aromatic nitrogens is 12. The highest BCUT2D eigenvalue weighted by Crippen LogP contribution is 2.41. The highest BCUT2D eigenvalue weighted by atomic mass is 32.1. The zero-order valence-electron chi connectivity index (χ0n) is 75.8. The minimum absolute atomic E-state index is 0.0518. The molecule has 0 unspecified atom stereocenters. The van der Waals surface area contributed by atoms with E-state index in [0.29, 0.717) is 70.3 Å². The fourth-order valence-corrected chi connectivity index (χ4v) is 14.5. The number of alkyl halides is 21. The van der Waals surface area contributed by atoms with Crippen molar-refractivity contribution in [2.45, 2.75) is 89.8 Å². The second kappa shape index (κ2) is 44.9. The smallest absolute Gasteiger partial charge is 0.394 e. The molecule has 8 aromatic heterocycles. The zero-order chi connectivity index (χ0) is 103. The van der Waals surface area contributed by atoms with Crippen molar-refractivity contribution >= 4 is 58.1 Å². The summed E-state index contributed by atoms with van der Waals surface area (Å²) in [5.74, 6) is -1.24. The first-order valence-electron chi connectivity index (χ1n) is 40.5. The van der Waals surface area contributed by atoms with Gasteiger partial charge in [0.05, 0.1) is 67.7 Å². The molecule has 1 N–H and O–H groups in total. The van der Waals surface area contributed by atoms with Gasteiger partial charge < -0.3 is 34.5 Å². The molecule has 6 amide bonds. The summed E-state index contributed by atoms with van der Waals surface area (Å²) < 4.78 is 275. The molecule has 13 aromatic rings. The van der Waals surface area contributed by atoms with Crippen molar-refractivity contribution in [2.75, 3.05) is 91.2 Å². The lowest BCUT2D eigenvalue weighted by Gasteiger charge is -2.12. The van der Waals surface area contributed by atoms with Crippen LogP contribution in [0.25, 0.3) is 66.2 Å². The predicted octanol–water partition coefficient (Wildman–Crippen LogP) is 19.9. The van der Waals surface area contributed by atoms with Crippen molar-refractivity contribution in [3.63, 3.8) is 0 Å². The molecule has 740 valence electrons. The number of aliphatic hydroxyl groups excluding tert-OH is 1. The summed E-state index contributed by atoms with van der Waals surface area (Å²) in [5.41, 5.74) is -0.706. The number of hydrogen-bond acceptors (Lipinski definition) is 15. The van der Waals surface area contributed by atoms with E-state index in [1.165, 1.54) is 84.2 Å². The molecule has 0 bridgehead atoms. The summed E-state index contributed by atoms with van der Waals surface area (Å²) in [4.78, 5) is 81.5. The van der Waals surface area contributed by atoms with Gasteiger partial charge in [-0.2, -0.15) is 123 Å². The van der Waals surface area contributed by atoms with E-state index in [4.69, 9.17) is 5.11 Å². The number of aliphatic hydroxyl groups is 1. The van der Waals surface area contributed by atoms with Crippen LogP contribution < -0.4 is 0 Å². The molecule has 8 heterocycles. The lowest BCUT2D eigenvalue weighted by Crippen LogP contribution is -2.21. The number of halogens is 21. The van der Waals surface area contributed by atoms with Gasteiger partial charge in [0.25, 0.3) is 35.4 Å². The number of aryl methyl sites for hydroxylation is 3. The fourth-order valence-electron chi connectivity index (χ4n) is 12.5. The van der Waals surface area contributed by atoms with Gasteiger partial charge >= 0.3 is 43.2 Å². The second-order valence-corrected chi connectivity index (χ2v) is 33.1. The van der Waals surface area contributed by atoms with Crippen LogP contribution in [0.3, 0.4) is 0 Å². The topological polar surface area (TPSA) is 249 Å². The molecule has 48 heteroatoms. The van der Waals surface area contributed by atoms with Crippen LogP contribution in [0.15, 0.2) is 188 Å². The highest BCUT2D eigenvalue weighted by Gasteiger charge is 2.42. The number of carbonyl (C=O) groups excluding carboxylic acids is 6. The summed E-state index contributed by atoms with van der Waals surface area (Å²) in [6.45, 7) is 1.63. The molecular formula is C90H89F21N18O7S2. The van der Waals surface area contributed by atoms with Crippen LogP contribution in [0, 0.1) is 0 Å². The molecule has 0 atom stereocenters. The van der Waals surface area contributed by atoms with E-state index >= 15 is 0 Å². The minimum atomic E-state index is -4.87. The van der Waals surface area contributed by atoms with Crippen LogP contribution in [-0.4, -0.2) is 226 Å². The van der Waals surface area contributed by atoms with Gasteiger partial charge in [-0.1, -0.05) is 78.9 Å². The molecule has 5 aromatic carbocycles. The third kappa shape index (κ3) is 29.1. The Morgan fingerprint density at radius 3 is 0.971 bits per heavy atom. The molecule has 0 aliphatic carbocycles. The normalized spacial score (nSPS) is 11.7. The Bertz CT molecular complexity index is 6310. The van der Waals surface area contributed by atoms with Gasteiger partial charge in [-0.3, -0.25) is 56.9 Å². The maximum Gasteiger partial charge on any atom is 0.435 e. The van der Waals surface area contributed by atoms with Gasteiger partial charge in [-0.15, -0.1) is 22.7 Å². The minimum Gasteiger partial charge on any atom is -0.394 e. The lowest BCUT2D eigenvalue weighted by molar-refractivity contribution is -0.148. The Balaban J connectivity index is 0.000000204. The first-order valence-corrected chi connectivity index (χ1v) is 42.2. The molecule has 0 saturated heterocycles. The Morgan fingerprint density at radius 1 is 0.319 bits per heavy atom. The Hall–Kier alpha value is -13.9. The zero-order valence-corrected chi connectivity index (χ0v) is 77.5. The number of hydrogen-bond donors (Lipinski definition) is 1. The number of nitrogens with zero attached hydrogens (tertiary/aromatic N) is 18. The largest absolute Gasteiger partial charge is 0.435 e. The average molecular weight is 2000 g/mol.